The van der Waals surface area contributed by atoms with Gasteiger partial charge in [0.1, 0.15) is 17.4 Å². The third-order valence-corrected chi connectivity index (χ3v) is 5.81. The number of hydrazine groups is 1. The molecule has 1 aromatic heterocycles. The summed E-state index contributed by atoms with van der Waals surface area (Å²) in [6.07, 6.45) is -3.10. The number of pyridine rings is 1. The highest BCUT2D eigenvalue weighted by molar-refractivity contribution is 5.84. The van der Waals surface area contributed by atoms with Gasteiger partial charge in [-0.2, -0.15) is 18.4 Å². The van der Waals surface area contributed by atoms with Crippen LogP contribution in [0.1, 0.15) is 23.6 Å². The summed E-state index contributed by atoms with van der Waals surface area (Å²) in [4.78, 5) is 12.8. The van der Waals surface area contributed by atoms with Crippen molar-refractivity contribution >= 4 is 16.6 Å². The fourth-order valence-corrected chi connectivity index (χ4v) is 4.12. The largest absolute Gasteiger partial charge is 0.416 e. The number of hydrogen-bond donors (Lipinski definition) is 0. The Hall–Kier alpha value is -3.42. The van der Waals surface area contributed by atoms with Crippen LogP contribution in [0.15, 0.2) is 47.4 Å². The van der Waals surface area contributed by atoms with Gasteiger partial charge in [-0.25, -0.2) is 9.40 Å². The number of rotatable bonds is 5. The Balaban J connectivity index is 1.82. The third kappa shape index (κ3) is 4.62. The molecule has 0 N–H and O–H groups in total. The van der Waals surface area contributed by atoms with E-state index in [1.165, 1.54) is 18.3 Å². The van der Waals surface area contributed by atoms with Gasteiger partial charge < -0.3 is 14.3 Å². The molecule has 4 rings (SSSR count). The van der Waals surface area contributed by atoms with E-state index in [1.54, 1.807) is 15.6 Å². The number of anilines is 1. The Morgan fingerprint density at radius 3 is 2.41 bits per heavy atom. The van der Waals surface area contributed by atoms with Crippen LogP contribution in [-0.4, -0.2) is 42.4 Å². The Labute approximate surface area is 193 Å². The number of halogens is 4. The summed E-state index contributed by atoms with van der Waals surface area (Å²) >= 11 is 0. The first-order valence-corrected chi connectivity index (χ1v) is 10.8. The second-order valence-corrected chi connectivity index (χ2v) is 7.91. The first-order chi connectivity index (χ1) is 16.2. The Kier molecular flexibility index (Phi) is 6.59. The SMILES string of the molecule is CCN(c1cc2c(cc1F)c(=O)c(C#N)cn2Cc1ccc(C(F)(F)F)cc1)N1CCOCC1. The van der Waals surface area contributed by atoms with Gasteiger partial charge in [-0.15, -0.1) is 0 Å². The second-order valence-electron chi connectivity index (χ2n) is 7.91. The molecule has 0 radical (unpaired) electrons. The quantitative estimate of drug-likeness (QED) is 0.520. The molecule has 0 aliphatic carbocycles. The van der Waals surface area contributed by atoms with Gasteiger partial charge in [0.25, 0.3) is 0 Å². The fraction of sp³-hybridized carbons (Fsp3) is 0.333. The maximum absolute atomic E-state index is 15.2. The summed E-state index contributed by atoms with van der Waals surface area (Å²) in [5, 5.41) is 13.2. The van der Waals surface area contributed by atoms with Crippen molar-refractivity contribution in [1.29, 1.82) is 5.26 Å². The Morgan fingerprint density at radius 1 is 1.15 bits per heavy atom. The highest BCUT2D eigenvalue weighted by Crippen LogP contribution is 2.30. The number of benzene rings is 2. The van der Waals surface area contributed by atoms with E-state index in [9.17, 15) is 23.2 Å². The number of fused-ring (bicyclic) bond motifs is 1. The van der Waals surface area contributed by atoms with Crippen LogP contribution in [0.4, 0.5) is 23.2 Å². The minimum absolute atomic E-state index is 0.0326. The van der Waals surface area contributed by atoms with Crippen LogP contribution in [0.25, 0.3) is 10.9 Å². The lowest BCUT2D eigenvalue weighted by molar-refractivity contribution is -0.137. The van der Waals surface area contributed by atoms with Crippen LogP contribution in [0.5, 0.6) is 0 Å². The van der Waals surface area contributed by atoms with E-state index in [2.05, 4.69) is 0 Å². The average Bonchev–Trinajstić information content (AvgIpc) is 2.82. The number of alkyl halides is 3. The van der Waals surface area contributed by atoms with Crippen LogP contribution in [0.3, 0.4) is 0 Å². The van der Waals surface area contributed by atoms with Gasteiger partial charge in [0.2, 0.25) is 5.43 Å². The first kappa shape index (κ1) is 23.7. The number of aromatic nitrogens is 1. The molecule has 178 valence electrons. The van der Waals surface area contributed by atoms with Crippen LogP contribution < -0.4 is 10.4 Å². The van der Waals surface area contributed by atoms with E-state index < -0.39 is 23.0 Å². The Bertz CT molecular complexity index is 1290. The van der Waals surface area contributed by atoms with Crippen molar-refractivity contribution in [2.24, 2.45) is 0 Å². The number of hydrogen-bond acceptors (Lipinski definition) is 5. The molecule has 0 unspecified atom stereocenters. The molecule has 0 atom stereocenters. The van der Waals surface area contributed by atoms with Gasteiger partial charge in [-0.05, 0) is 36.8 Å². The van der Waals surface area contributed by atoms with Crippen molar-refractivity contribution in [1.82, 2.24) is 9.58 Å². The van der Waals surface area contributed by atoms with E-state index >= 15 is 4.39 Å². The molecule has 0 amide bonds. The van der Waals surface area contributed by atoms with E-state index in [1.807, 2.05) is 18.0 Å². The summed E-state index contributed by atoms with van der Waals surface area (Å²) in [6, 6.07) is 9.15. The lowest BCUT2D eigenvalue weighted by Crippen LogP contribution is -2.49. The van der Waals surface area contributed by atoms with Crippen LogP contribution in [0, 0.1) is 17.1 Å². The molecule has 3 aromatic rings. The molecule has 1 saturated heterocycles. The monoisotopic (exact) mass is 474 g/mol. The van der Waals surface area contributed by atoms with E-state index in [0.717, 1.165) is 18.2 Å². The molecule has 10 heteroatoms. The van der Waals surface area contributed by atoms with Gasteiger partial charge in [-0.1, -0.05) is 12.1 Å². The molecular formula is C24H22F4N4O2. The smallest absolute Gasteiger partial charge is 0.379 e. The molecular weight excluding hydrogens is 452 g/mol. The van der Waals surface area contributed by atoms with E-state index in [4.69, 9.17) is 4.74 Å². The zero-order chi connectivity index (χ0) is 24.5. The molecule has 0 spiro atoms. The minimum Gasteiger partial charge on any atom is -0.379 e. The average molecular weight is 474 g/mol. The lowest BCUT2D eigenvalue weighted by atomic mass is 10.1. The molecule has 34 heavy (non-hydrogen) atoms. The summed E-state index contributed by atoms with van der Waals surface area (Å²) in [5.41, 5.74) is -0.359. The highest BCUT2D eigenvalue weighted by atomic mass is 19.4. The summed E-state index contributed by atoms with van der Waals surface area (Å²) in [5.74, 6) is -0.603. The van der Waals surface area contributed by atoms with Crippen LogP contribution >= 0.6 is 0 Å². The van der Waals surface area contributed by atoms with Crippen molar-refractivity contribution in [3.63, 3.8) is 0 Å². The van der Waals surface area contributed by atoms with Gasteiger partial charge in [0, 0.05) is 32.4 Å². The molecule has 1 aliphatic rings. The normalized spacial score (nSPS) is 14.8. The lowest BCUT2D eigenvalue weighted by Gasteiger charge is -2.38. The van der Waals surface area contributed by atoms with Crippen molar-refractivity contribution in [3.05, 3.63) is 75.3 Å². The zero-order valence-electron chi connectivity index (χ0n) is 18.4. The molecule has 1 fully saturated rings. The summed E-state index contributed by atoms with van der Waals surface area (Å²) in [6.45, 7) is 4.63. The van der Waals surface area contributed by atoms with Crippen LogP contribution in [0.2, 0.25) is 0 Å². The molecule has 0 bridgehead atoms. The maximum Gasteiger partial charge on any atom is 0.416 e. The van der Waals surface area contributed by atoms with E-state index in [0.29, 0.717) is 43.9 Å². The van der Waals surface area contributed by atoms with Crippen molar-refractivity contribution in [2.45, 2.75) is 19.6 Å². The molecule has 2 heterocycles. The summed E-state index contributed by atoms with van der Waals surface area (Å²) in [7, 11) is 0. The standard InChI is InChI=1S/C24H22F4N4O2/c1-2-32(31-7-9-34-10-8-31)22-12-21-19(11-20(22)25)23(33)17(13-29)15-30(21)14-16-3-5-18(6-4-16)24(26,27)28/h3-6,11-12,15H,2,7-10,14H2,1H3. The van der Waals surface area contributed by atoms with Gasteiger partial charge in [0.15, 0.2) is 0 Å². The molecule has 2 aromatic carbocycles. The highest BCUT2D eigenvalue weighted by Gasteiger charge is 2.30. The minimum atomic E-state index is -4.45. The topological polar surface area (TPSA) is 61.5 Å². The van der Waals surface area contributed by atoms with Crippen molar-refractivity contribution in [3.8, 4) is 6.07 Å². The first-order valence-electron chi connectivity index (χ1n) is 10.8. The molecule has 1 aliphatic heterocycles. The van der Waals surface area contributed by atoms with E-state index in [-0.39, 0.29) is 23.2 Å². The second kappa shape index (κ2) is 9.44. The van der Waals surface area contributed by atoms with Gasteiger partial charge >= 0.3 is 6.18 Å². The van der Waals surface area contributed by atoms with Gasteiger partial charge in [-0.3, -0.25) is 4.79 Å². The van der Waals surface area contributed by atoms with Crippen molar-refractivity contribution in [2.75, 3.05) is 37.9 Å². The fourth-order valence-electron chi connectivity index (χ4n) is 4.12. The summed E-state index contributed by atoms with van der Waals surface area (Å²) < 4.78 is 60.9. The predicted octanol–water partition coefficient (Wildman–Crippen LogP) is 4.15. The third-order valence-electron chi connectivity index (χ3n) is 5.81. The predicted molar refractivity (Wildman–Crippen MR) is 119 cm³/mol. The molecule has 6 nitrogen and oxygen atoms in total. The maximum atomic E-state index is 15.2. The number of nitrogens with zero attached hydrogens (tertiary/aromatic N) is 4. The number of nitriles is 1. The van der Waals surface area contributed by atoms with Crippen LogP contribution in [-0.2, 0) is 17.5 Å². The molecule has 0 saturated carbocycles. The Morgan fingerprint density at radius 2 is 1.82 bits per heavy atom. The number of morpholine rings is 1. The van der Waals surface area contributed by atoms with Gasteiger partial charge in [0.05, 0.1) is 35.4 Å². The number of ether oxygens (including phenoxy) is 1. The van der Waals surface area contributed by atoms with Crippen molar-refractivity contribution < 1.29 is 22.3 Å². The zero-order valence-corrected chi connectivity index (χ0v) is 18.4.